The molecule has 4 nitrogen and oxygen atoms in total. The van der Waals surface area contributed by atoms with Gasteiger partial charge in [0.1, 0.15) is 5.15 Å². The van der Waals surface area contributed by atoms with Crippen LogP contribution in [0.4, 0.5) is 5.82 Å². The third-order valence-electron chi connectivity index (χ3n) is 1.22. The lowest BCUT2D eigenvalue weighted by Crippen LogP contribution is -2.08. The zero-order valence-corrected chi connectivity index (χ0v) is 8.14. The number of amides is 1. The van der Waals surface area contributed by atoms with Crippen molar-refractivity contribution in [2.45, 2.75) is 13.8 Å². The van der Waals surface area contributed by atoms with Crippen molar-refractivity contribution in [3.8, 4) is 0 Å². The van der Waals surface area contributed by atoms with Crippen molar-refractivity contribution in [2.75, 3.05) is 5.32 Å². The average molecular weight is 200 g/mol. The Morgan fingerprint density at radius 1 is 1.69 bits per heavy atom. The highest BCUT2D eigenvalue weighted by atomic mass is 35.5. The first-order valence-electron chi connectivity index (χ1n) is 3.75. The largest absolute Gasteiger partial charge is 0.306 e. The van der Waals surface area contributed by atoms with E-state index in [2.05, 4.69) is 15.5 Å². The van der Waals surface area contributed by atoms with E-state index in [4.69, 9.17) is 11.6 Å². The van der Waals surface area contributed by atoms with E-state index in [1.165, 1.54) is 12.1 Å². The molecule has 0 fully saturated rings. The second-order valence-electron chi connectivity index (χ2n) is 2.81. The van der Waals surface area contributed by atoms with Crippen LogP contribution in [-0.2, 0) is 4.79 Å². The highest BCUT2D eigenvalue weighted by Gasteiger charge is 2.01. The second-order valence-corrected chi connectivity index (χ2v) is 3.22. The Bertz CT molecular complexity index is 339. The number of hydrogen-bond donors (Lipinski definition) is 2. The van der Waals surface area contributed by atoms with Gasteiger partial charge in [-0.2, -0.15) is 5.10 Å². The first-order valence-corrected chi connectivity index (χ1v) is 4.12. The Kier molecular flexibility index (Phi) is 3.08. The van der Waals surface area contributed by atoms with Gasteiger partial charge in [-0.15, -0.1) is 0 Å². The Morgan fingerprint density at radius 3 is 2.85 bits per heavy atom. The number of H-pyrrole nitrogens is 1. The minimum absolute atomic E-state index is 0.205. The number of aromatic amines is 1. The number of carbonyl (C=O) groups excluding carboxylic acids is 1. The smallest absolute Gasteiger partial charge is 0.249 e. The highest BCUT2D eigenvalue weighted by molar-refractivity contribution is 6.29. The molecule has 0 saturated heterocycles. The molecule has 13 heavy (non-hydrogen) atoms. The van der Waals surface area contributed by atoms with E-state index in [0.717, 1.165) is 5.57 Å². The maximum atomic E-state index is 11.1. The van der Waals surface area contributed by atoms with Gasteiger partial charge in [0.15, 0.2) is 5.82 Å². The van der Waals surface area contributed by atoms with E-state index in [1.54, 1.807) is 0 Å². The number of aromatic nitrogens is 2. The number of hydrogen-bond acceptors (Lipinski definition) is 2. The van der Waals surface area contributed by atoms with Crippen molar-refractivity contribution in [1.29, 1.82) is 0 Å². The lowest BCUT2D eigenvalue weighted by atomic mass is 10.3. The molecular weight excluding hydrogens is 190 g/mol. The van der Waals surface area contributed by atoms with Crippen molar-refractivity contribution in [2.24, 2.45) is 0 Å². The molecule has 0 radical (unpaired) electrons. The first kappa shape index (κ1) is 9.80. The molecule has 0 spiro atoms. The van der Waals surface area contributed by atoms with Gasteiger partial charge in [-0.1, -0.05) is 17.2 Å². The maximum Gasteiger partial charge on any atom is 0.249 e. The number of anilines is 1. The van der Waals surface area contributed by atoms with Crippen molar-refractivity contribution in [1.82, 2.24) is 10.2 Å². The SMILES string of the molecule is CC(C)=CC(=O)Nc1cc(Cl)[nH]n1. The van der Waals surface area contributed by atoms with E-state index in [0.29, 0.717) is 11.0 Å². The van der Waals surface area contributed by atoms with Crippen LogP contribution in [0.15, 0.2) is 17.7 Å². The van der Waals surface area contributed by atoms with Crippen LogP contribution in [0.1, 0.15) is 13.8 Å². The molecule has 0 atom stereocenters. The molecule has 0 aliphatic carbocycles. The van der Waals surface area contributed by atoms with Crippen LogP contribution in [0.2, 0.25) is 5.15 Å². The molecule has 70 valence electrons. The molecule has 0 aliphatic heterocycles. The van der Waals surface area contributed by atoms with Crippen LogP contribution < -0.4 is 5.32 Å². The molecule has 0 aromatic carbocycles. The van der Waals surface area contributed by atoms with Gasteiger partial charge in [-0.3, -0.25) is 9.89 Å². The van der Waals surface area contributed by atoms with E-state index < -0.39 is 0 Å². The van der Waals surface area contributed by atoms with E-state index in [-0.39, 0.29) is 5.91 Å². The summed E-state index contributed by atoms with van der Waals surface area (Å²) in [5.41, 5.74) is 0.930. The Hall–Kier alpha value is -1.29. The Labute approximate surface area is 81.0 Å². The van der Waals surface area contributed by atoms with Gasteiger partial charge in [0, 0.05) is 12.1 Å². The fraction of sp³-hybridized carbons (Fsp3) is 0.250. The Morgan fingerprint density at radius 2 is 2.38 bits per heavy atom. The van der Waals surface area contributed by atoms with Gasteiger partial charge in [0.2, 0.25) is 5.91 Å². The molecule has 0 bridgehead atoms. The van der Waals surface area contributed by atoms with E-state index in [1.807, 2.05) is 13.8 Å². The third-order valence-corrected chi connectivity index (χ3v) is 1.41. The monoisotopic (exact) mass is 199 g/mol. The summed E-state index contributed by atoms with van der Waals surface area (Å²) in [6.45, 7) is 3.69. The van der Waals surface area contributed by atoms with Gasteiger partial charge < -0.3 is 5.32 Å². The summed E-state index contributed by atoms with van der Waals surface area (Å²) in [5, 5.41) is 9.20. The standard InChI is InChI=1S/C8H10ClN3O/c1-5(2)3-8(13)10-7-4-6(9)11-12-7/h3-4H,1-2H3,(H2,10,11,12,13). The summed E-state index contributed by atoms with van der Waals surface area (Å²) in [4.78, 5) is 11.1. The number of nitrogens with one attached hydrogen (secondary N) is 2. The van der Waals surface area contributed by atoms with Crippen molar-refractivity contribution in [3.05, 3.63) is 22.9 Å². The zero-order chi connectivity index (χ0) is 9.84. The summed E-state index contributed by atoms with van der Waals surface area (Å²) < 4.78 is 0. The molecule has 1 heterocycles. The lowest BCUT2D eigenvalue weighted by molar-refractivity contribution is -0.112. The van der Waals surface area contributed by atoms with Gasteiger partial charge in [-0.05, 0) is 13.8 Å². The predicted octanol–water partition coefficient (Wildman–Crippen LogP) is 1.97. The molecule has 2 N–H and O–H groups in total. The maximum absolute atomic E-state index is 11.1. The van der Waals surface area contributed by atoms with Crippen LogP contribution >= 0.6 is 11.6 Å². The molecule has 1 rings (SSSR count). The van der Waals surface area contributed by atoms with Crippen molar-refractivity contribution < 1.29 is 4.79 Å². The highest BCUT2D eigenvalue weighted by Crippen LogP contribution is 2.09. The van der Waals surface area contributed by atoms with Gasteiger partial charge in [-0.25, -0.2) is 0 Å². The van der Waals surface area contributed by atoms with Crippen LogP contribution in [0.25, 0.3) is 0 Å². The Balaban J connectivity index is 2.60. The van der Waals surface area contributed by atoms with Crippen LogP contribution in [0.3, 0.4) is 0 Å². The fourth-order valence-corrected chi connectivity index (χ4v) is 0.932. The number of nitrogens with zero attached hydrogens (tertiary/aromatic N) is 1. The topological polar surface area (TPSA) is 57.8 Å². The zero-order valence-electron chi connectivity index (χ0n) is 7.39. The van der Waals surface area contributed by atoms with Crippen molar-refractivity contribution in [3.63, 3.8) is 0 Å². The third kappa shape index (κ3) is 3.29. The number of halogens is 1. The number of rotatable bonds is 2. The minimum Gasteiger partial charge on any atom is -0.306 e. The van der Waals surface area contributed by atoms with Crippen molar-refractivity contribution >= 4 is 23.3 Å². The summed E-state index contributed by atoms with van der Waals surface area (Å²) in [6.07, 6.45) is 1.49. The average Bonchev–Trinajstić information content (AvgIpc) is 2.33. The molecule has 1 aromatic heterocycles. The fourth-order valence-electron chi connectivity index (χ4n) is 0.787. The molecular formula is C8H10ClN3O. The molecule has 0 unspecified atom stereocenters. The van der Waals surface area contributed by atoms with Gasteiger partial charge in [0.05, 0.1) is 0 Å². The second kappa shape index (κ2) is 4.09. The van der Waals surface area contributed by atoms with E-state index >= 15 is 0 Å². The quantitative estimate of drug-likeness (QED) is 0.716. The number of carbonyl (C=O) groups is 1. The normalized spacial score (nSPS) is 9.46. The van der Waals surface area contributed by atoms with Crippen LogP contribution in [0.5, 0.6) is 0 Å². The summed E-state index contributed by atoms with van der Waals surface area (Å²) in [7, 11) is 0. The summed E-state index contributed by atoms with van der Waals surface area (Å²) >= 11 is 5.56. The first-order chi connectivity index (χ1) is 6.08. The molecule has 0 aliphatic rings. The molecule has 0 saturated carbocycles. The van der Waals surface area contributed by atoms with Crippen LogP contribution in [0, 0.1) is 0 Å². The van der Waals surface area contributed by atoms with Gasteiger partial charge >= 0.3 is 0 Å². The van der Waals surface area contributed by atoms with Gasteiger partial charge in [0.25, 0.3) is 0 Å². The molecule has 5 heteroatoms. The molecule has 1 aromatic rings. The summed E-state index contributed by atoms with van der Waals surface area (Å²) in [6, 6.07) is 1.54. The predicted molar refractivity (Wildman–Crippen MR) is 51.7 cm³/mol. The summed E-state index contributed by atoms with van der Waals surface area (Å²) in [5.74, 6) is 0.218. The van der Waals surface area contributed by atoms with E-state index in [9.17, 15) is 4.79 Å². The minimum atomic E-state index is -0.205. The lowest BCUT2D eigenvalue weighted by Gasteiger charge is -1.95. The number of allylic oxidation sites excluding steroid dienone is 1. The van der Waals surface area contributed by atoms with Crippen LogP contribution in [-0.4, -0.2) is 16.1 Å². The molecule has 1 amide bonds.